The summed E-state index contributed by atoms with van der Waals surface area (Å²) in [6, 6.07) is 2.39. The molecule has 2 aromatic heterocycles. The predicted molar refractivity (Wildman–Crippen MR) is 107 cm³/mol. The number of H-pyrrole nitrogens is 1. The van der Waals surface area contributed by atoms with Gasteiger partial charge in [0.05, 0.1) is 13.2 Å². The van der Waals surface area contributed by atoms with Gasteiger partial charge < -0.3 is 40.4 Å². The van der Waals surface area contributed by atoms with Crippen molar-refractivity contribution in [3.63, 3.8) is 0 Å². The van der Waals surface area contributed by atoms with Crippen molar-refractivity contribution in [3.05, 3.63) is 55.8 Å². The van der Waals surface area contributed by atoms with Crippen LogP contribution in [0.15, 0.2) is 38.9 Å². The topological polar surface area (TPSA) is 224 Å². The highest BCUT2D eigenvalue weighted by atomic mass is 16.6. The monoisotopic (exact) mass is 469 g/mol. The molecule has 0 unspecified atom stereocenters. The number of nitrogens with one attached hydrogen (secondary N) is 1. The number of hydrogen-bond acceptors (Lipinski definition) is 12. The maximum Gasteiger partial charge on any atom is 0.351 e. The maximum atomic E-state index is 12.2. The molecule has 4 heterocycles. The van der Waals surface area contributed by atoms with E-state index < -0.39 is 72.6 Å². The summed E-state index contributed by atoms with van der Waals surface area (Å²) in [5.41, 5.74) is 3.20. The minimum Gasteiger partial charge on any atom is -0.394 e. The SMILES string of the molecule is Nc1ccn([C@@H]2O[C@H](CO[C@@H]3[C@H](O)[C@@H](CO)O[C@H]3n3ccc(=O)[nH]c3=O)[C@@H](O)[C@H]2O)c(=O)n1. The van der Waals surface area contributed by atoms with Gasteiger partial charge in [-0.3, -0.25) is 18.9 Å². The van der Waals surface area contributed by atoms with Gasteiger partial charge in [0.1, 0.15) is 42.4 Å². The molecule has 2 saturated heterocycles. The van der Waals surface area contributed by atoms with E-state index in [0.717, 1.165) is 21.4 Å². The van der Waals surface area contributed by atoms with E-state index in [1.165, 1.54) is 12.3 Å². The van der Waals surface area contributed by atoms with E-state index >= 15 is 0 Å². The van der Waals surface area contributed by atoms with E-state index in [0.29, 0.717) is 0 Å². The molecule has 8 atom stereocenters. The van der Waals surface area contributed by atoms with Crippen molar-refractivity contribution in [2.24, 2.45) is 0 Å². The zero-order valence-electron chi connectivity index (χ0n) is 17.0. The highest BCUT2D eigenvalue weighted by Gasteiger charge is 2.48. The fourth-order valence-electron chi connectivity index (χ4n) is 3.82. The molecule has 4 rings (SSSR count). The number of aliphatic hydroxyl groups excluding tert-OH is 4. The molecule has 2 aliphatic rings. The van der Waals surface area contributed by atoms with Gasteiger partial charge in [-0.15, -0.1) is 0 Å². The third kappa shape index (κ3) is 4.34. The molecule has 0 spiro atoms. The van der Waals surface area contributed by atoms with E-state index in [4.69, 9.17) is 19.9 Å². The highest BCUT2D eigenvalue weighted by molar-refractivity contribution is 5.23. The van der Waals surface area contributed by atoms with Crippen LogP contribution in [-0.2, 0) is 14.2 Å². The molecule has 2 fully saturated rings. The number of rotatable bonds is 6. The predicted octanol–water partition coefficient (Wildman–Crippen LogP) is -4.37. The summed E-state index contributed by atoms with van der Waals surface area (Å²) < 4.78 is 18.7. The van der Waals surface area contributed by atoms with Crippen molar-refractivity contribution in [1.82, 2.24) is 19.1 Å². The standard InChI is InChI=1S/C18H23N5O10/c19-9-1-3-22(17(29)20-9)15-13(28)11(26)8(33-15)6-31-14-12(27)7(5-24)32-16(14)23-4-2-10(25)21-18(23)30/h1-4,7-8,11-16,24,26-28H,5-6H2,(H2,19,20,29)(H,21,25,30)/t7-,8-,11-,12-,13-,14-,15-,16-/m1/s1. The van der Waals surface area contributed by atoms with Gasteiger partial charge in [0.15, 0.2) is 12.5 Å². The Morgan fingerprint density at radius 1 is 1.00 bits per heavy atom. The summed E-state index contributed by atoms with van der Waals surface area (Å²) in [6.45, 7) is -0.963. The number of nitrogens with zero attached hydrogens (tertiary/aromatic N) is 3. The Kier molecular flexibility index (Phi) is 6.44. The number of ether oxygens (including phenoxy) is 3. The third-order valence-corrected chi connectivity index (χ3v) is 5.53. The lowest BCUT2D eigenvalue weighted by atomic mass is 10.1. The lowest BCUT2D eigenvalue weighted by Crippen LogP contribution is -2.42. The van der Waals surface area contributed by atoms with Gasteiger partial charge in [-0.05, 0) is 6.07 Å². The molecule has 180 valence electrons. The number of hydrogen-bond donors (Lipinski definition) is 6. The summed E-state index contributed by atoms with van der Waals surface area (Å²) in [4.78, 5) is 41.2. The van der Waals surface area contributed by atoms with Crippen molar-refractivity contribution < 1.29 is 34.6 Å². The molecule has 0 aromatic carbocycles. The van der Waals surface area contributed by atoms with E-state index in [2.05, 4.69) is 9.97 Å². The second-order valence-corrected chi connectivity index (χ2v) is 7.64. The molecule has 15 heteroatoms. The molecule has 0 bridgehead atoms. The first-order chi connectivity index (χ1) is 15.7. The van der Waals surface area contributed by atoms with Gasteiger partial charge in [-0.25, -0.2) is 9.59 Å². The number of aliphatic hydroxyl groups is 4. The van der Waals surface area contributed by atoms with Crippen molar-refractivity contribution in [2.45, 2.75) is 49.1 Å². The molecule has 2 aromatic rings. The molecule has 0 radical (unpaired) electrons. The number of anilines is 1. The van der Waals surface area contributed by atoms with Gasteiger partial charge in [-0.2, -0.15) is 4.98 Å². The fourth-order valence-corrected chi connectivity index (χ4v) is 3.82. The Morgan fingerprint density at radius 3 is 2.36 bits per heavy atom. The van der Waals surface area contributed by atoms with Crippen LogP contribution in [0.25, 0.3) is 0 Å². The number of nitrogens with two attached hydrogens (primary N) is 1. The second-order valence-electron chi connectivity index (χ2n) is 7.64. The summed E-state index contributed by atoms with van der Waals surface area (Å²) in [5.74, 6) is -0.0265. The van der Waals surface area contributed by atoms with Crippen LogP contribution in [0.4, 0.5) is 5.82 Å². The molecule has 7 N–H and O–H groups in total. The molecule has 2 aliphatic heterocycles. The van der Waals surface area contributed by atoms with E-state index in [1.54, 1.807) is 0 Å². The van der Waals surface area contributed by atoms with Gasteiger partial charge in [0.2, 0.25) is 0 Å². The first-order valence-corrected chi connectivity index (χ1v) is 9.95. The lowest BCUT2D eigenvalue weighted by molar-refractivity contribution is -0.119. The molecule has 0 amide bonds. The molecular weight excluding hydrogens is 446 g/mol. The first kappa shape index (κ1) is 23.2. The largest absolute Gasteiger partial charge is 0.394 e. The normalized spacial score (nSPS) is 34.1. The third-order valence-electron chi connectivity index (χ3n) is 5.53. The summed E-state index contributed by atoms with van der Waals surface area (Å²) >= 11 is 0. The summed E-state index contributed by atoms with van der Waals surface area (Å²) in [6.07, 6.45) is -7.87. The number of nitrogen functional groups attached to an aromatic ring is 1. The molecule has 33 heavy (non-hydrogen) atoms. The van der Waals surface area contributed by atoms with Crippen molar-refractivity contribution in [3.8, 4) is 0 Å². The summed E-state index contributed by atoms with van der Waals surface area (Å²) in [7, 11) is 0. The second kappa shape index (κ2) is 9.14. The van der Waals surface area contributed by atoms with E-state index in [9.17, 15) is 34.8 Å². The van der Waals surface area contributed by atoms with Gasteiger partial charge in [0, 0.05) is 18.5 Å². The van der Waals surface area contributed by atoms with Crippen LogP contribution in [0, 0.1) is 0 Å². The fraction of sp³-hybridized carbons (Fsp3) is 0.556. The van der Waals surface area contributed by atoms with Crippen LogP contribution >= 0.6 is 0 Å². The van der Waals surface area contributed by atoms with Gasteiger partial charge >= 0.3 is 11.4 Å². The Balaban J connectivity index is 1.52. The van der Waals surface area contributed by atoms with Crippen LogP contribution in [0.2, 0.25) is 0 Å². The Bertz CT molecular complexity index is 1160. The quantitative estimate of drug-likeness (QED) is 0.236. The van der Waals surface area contributed by atoms with Crippen LogP contribution in [0.3, 0.4) is 0 Å². The minimum atomic E-state index is -1.51. The van der Waals surface area contributed by atoms with Gasteiger partial charge in [-0.1, -0.05) is 0 Å². The number of aromatic nitrogens is 4. The molecule has 0 aliphatic carbocycles. The van der Waals surface area contributed by atoms with Crippen molar-refractivity contribution in [2.75, 3.05) is 18.9 Å². The zero-order valence-corrected chi connectivity index (χ0v) is 17.0. The van der Waals surface area contributed by atoms with Gasteiger partial charge in [0.25, 0.3) is 5.56 Å². The average molecular weight is 469 g/mol. The molecular formula is C18H23N5O10. The smallest absolute Gasteiger partial charge is 0.351 e. The Morgan fingerprint density at radius 2 is 1.70 bits per heavy atom. The number of aromatic amines is 1. The first-order valence-electron chi connectivity index (χ1n) is 9.95. The van der Waals surface area contributed by atoms with Crippen LogP contribution in [0.5, 0.6) is 0 Å². The van der Waals surface area contributed by atoms with E-state index in [1.807, 2.05) is 0 Å². The van der Waals surface area contributed by atoms with Crippen molar-refractivity contribution >= 4 is 5.82 Å². The maximum absolute atomic E-state index is 12.2. The van der Waals surface area contributed by atoms with Crippen LogP contribution in [0.1, 0.15) is 12.5 Å². The molecule has 0 saturated carbocycles. The molecule has 15 nitrogen and oxygen atoms in total. The Hall–Kier alpha value is -2.92. The average Bonchev–Trinajstić information content (AvgIpc) is 3.23. The van der Waals surface area contributed by atoms with Crippen LogP contribution < -0.4 is 22.7 Å². The van der Waals surface area contributed by atoms with Crippen molar-refractivity contribution in [1.29, 1.82) is 0 Å². The lowest BCUT2D eigenvalue weighted by Gasteiger charge is -2.24. The summed E-state index contributed by atoms with van der Waals surface area (Å²) in [5, 5.41) is 40.7. The van der Waals surface area contributed by atoms with E-state index in [-0.39, 0.29) is 12.4 Å². The minimum absolute atomic E-state index is 0.0265. The zero-order chi connectivity index (χ0) is 23.9. The highest BCUT2D eigenvalue weighted by Crippen LogP contribution is 2.33. The van der Waals surface area contributed by atoms with Crippen LogP contribution in [-0.4, -0.2) is 89.4 Å². The Labute approximate surface area is 184 Å².